The molecule has 2 amide bonds. The van der Waals surface area contributed by atoms with Gasteiger partial charge in [-0.15, -0.1) is 0 Å². The highest BCUT2D eigenvalue weighted by Gasteiger charge is 2.19. The lowest BCUT2D eigenvalue weighted by atomic mass is 10.1. The van der Waals surface area contributed by atoms with Gasteiger partial charge in [-0.2, -0.15) is 10.2 Å². The summed E-state index contributed by atoms with van der Waals surface area (Å²) >= 11 is 6.21. The number of hydrogen-bond donors (Lipinski definition) is 2. The number of furan rings is 1. The molecule has 3 heterocycles. The summed E-state index contributed by atoms with van der Waals surface area (Å²) in [4.78, 5) is 25.4. The second kappa shape index (κ2) is 9.33. The van der Waals surface area contributed by atoms with Gasteiger partial charge in [0.25, 0.3) is 11.8 Å². The Balaban J connectivity index is 1.43. The predicted octanol–water partition coefficient (Wildman–Crippen LogP) is 3.71. The molecule has 0 fully saturated rings. The summed E-state index contributed by atoms with van der Waals surface area (Å²) < 4.78 is 8.47. The summed E-state index contributed by atoms with van der Waals surface area (Å²) in [6, 6.07) is 10.7. The zero-order valence-corrected chi connectivity index (χ0v) is 19.2. The number of nitrogens with one attached hydrogen (secondary N) is 2. The SMILES string of the molecule is Cc1nn(Cc2ccc(C(=O)Nc3cnn(C)c3C(=O)NCc3ccco3)cc2)c(C)c1Cl. The molecule has 170 valence electrons. The molecule has 2 N–H and O–H groups in total. The van der Waals surface area contributed by atoms with E-state index in [1.54, 1.807) is 31.3 Å². The average molecular weight is 467 g/mol. The Morgan fingerprint density at radius 2 is 1.88 bits per heavy atom. The molecule has 4 rings (SSSR count). The monoisotopic (exact) mass is 466 g/mol. The average Bonchev–Trinajstić information content (AvgIpc) is 3.51. The first-order valence-electron chi connectivity index (χ1n) is 10.3. The Morgan fingerprint density at radius 1 is 1.12 bits per heavy atom. The van der Waals surface area contributed by atoms with Gasteiger partial charge in [-0.05, 0) is 43.7 Å². The molecule has 0 spiro atoms. The van der Waals surface area contributed by atoms with Crippen molar-refractivity contribution in [3.8, 4) is 0 Å². The molecule has 0 saturated carbocycles. The molecule has 1 aromatic carbocycles. The molecule has 10 heteroatoms. The summed E-state index contributed by atoms with van der Waals surface area (Å²) in [5.74, 6) is -0.0941. The zero-order valence-electron chi connectivity index (χ0n) is 18.4. The predicted molar refractivity (Wildman–Crippen MR) is 123 cm³/mol. The van der Waals surface area contributed by atoms with E-state index in [0.29, 0.717) is 28.6 Å². The minimum absolute atomic E-state index is 0.228. The summed E-state index contributed by atoms with van der Waals surface area (Å²) in [5, 5.41) is 14.7. The second-order valence-corrected chi connectivity index (χ2v) is 7.96. The number of rotatable bonds is 7. The van der Waals surface area contributed by atoms with Gasteiger partial charge in [-0.25, -0.2) is 0 Å². The van der Waals surface area contributed by atoms with Crippen LogP contribution in [0.5, 0.6) is 0 Å². The fourth-order valence-electron chi connectivity index (χ4n) is 3.42. The quantitative estimate of drug-likeness (QED) is 0.431. The highest BCUT2D eigenvalue weighted by molar-refractivity contribution is 6.31. The van der Waals surface area contributed by atoms with Crippen LogP contribution in [0.25, 0.3) is 0 Å². The highest BCUT2D eigenvalue weighted by atomic mass is 35.5. The van der Waals surface area contributed by atoms with Crippen molar-refractivity contribution < 1.29 is 14.0 Å². The minimum Gasteiger partial charge on any atom is -0.467 e. The number of carbonyl (C=O) groups is 2. The second-order valence-electron chi connectivity index (χ2n) is 7.59. The molecule has 0 aliphatic carbocycles. The maximum atomic E-state index is 12.8. The van der Waals surface area contributed by atoms with Crippen molar-refractivity contribution in [2.45, 2.75) is 26.9 Å². The van der Waals surface area contributed by atoms with Gasteiger partial charge in [0, 0.05) is 12.6 Å². The van der Waals surface area contributed by atoms with Crippen molar-refractivity contribution in [1.82, 2.24) is 24.9 Å². The number of anilines is 1. The highest BCUT2D eigenvalue weighted by Crippen LogP contribution is 2.20. The van der Waals surface area contributed by atoms with Crippen LogP contribution in [-0.2, 0) is 20.1 Å². The van der Waals surface area contributed by atoms with E-state index in [9.17, 15) is 9.59 Å². The van der Waals surface area contributed by atoms with Crippen molar-refractivity contribution >= 4 is 29.1 Å². The Labute approximate surface area is 195 Å². The molecule has 0 aliphatic rings. The Morgan fingerprint density at radius 3 is 2.52 bits per heavy atom. The Kier molecular flexibility index (Phi) is 6.32. The first-order chi connectivity index (χ1) is 15.8. The molecular formula is C23H23ClN6O3. The van der Waals surface area contributed by atoms with Gasteiger partial charge in [0.2, 0.25) is 0 Å². The lowest BCUT2D eigenvalue weighted by Gasteiger charge is -2.09. The van der Waals surface area contributed by atoms with Gasteiger partial charge < -0.3 is 15.1 Å². The molecule has 0 saturated heterocycles. The zero-order chi connectivity index (χ0) is 23.5. The third kappa shape index (κ3) is 4.83. The van der Waals surface area contributed by atoms with E-state index in [-0.39, 0.29) is 24.1 Å². The van der Waals surface area contributed by atoms with E-state index < -0.39 is 0 Å². The molecule has 9 nitrogen and oxygen atoms in total. The topological polar surface area (TPSA) is 107 Å². The lowest BCUT2D eigenvalue weighted by Crippen LogP contribution is -2.26. The normalized spacial score (nSPS) is 10.9. The molecule has 0 radical (unpaired) electrons. The smallest absolute Gasteiger partial charge is 0.272 e. The lowest BCUT2D eigenvalue weighted by molar-refractivity contribution is 0.0939. The summed E-state index contributed by atoms with van der Waals surface area (Å²) in [7, 11) is 1.64. The Bertz CT molecular complexity index is 1290. The number of amides is 2. The van der Waals surface area contributed by atoms with Crippen LogP contribution >= 0.6 is 11.6 Å². The standard InChI is InChI=1S/C23H23ClN6O3/c1-14-20(24)15(2)30(28-14)13-16-6-8-17(9-7-16)22(31)27-19-12-26-29(3)21(19)23(32)25-11-18-5-4-10-33-18/h4-10,12H,11,13H2,1-3H3,(H,25,32)(H,27,31). The van der Waals surface area contributed by atoms with Crippen LogP contribution in [0.3, 0.4) is 0 Å². The fraction of sp³-hybridized carbons (Fsp3) is 0.217. The van der Waals surface area contributed by atoms with Crippen molar-refractivity contribution in [3.05, 3.63) is 87.8 Å². The first kappa shape index (κ1) is 22.3. The van der Waals surface area contributed by atoms with E-state index in [0.717, 1.165) is 17.0 Å². The first-order valence-corrected chi connectivity index (χ1v) is 10.6. The molecule has 33 heavy (non-hydrogen) atoms. The van der Waals surface area contributed by atoms with Gasteiger partial charge >= 0.3 is 0 Å². The van der Waals surface area contributed by atoms with Gasteiger partial charge in [-0.3, -0.25) is 19.0 Å². The summed E-state index contributed by atoms with van der Waals surface area (Å²) in [6.45, 7) is 4.56. The van der Waals surface area contributed by atoms with Gasteiger partial charge in [0.05, 0.1) is 47.6 Å². The van der Waals surface area contributed by atoms with Gasteiger partial charge in [-0.1, -0.05) is 23.7 Å². The number of aromatic nitrogens is 4. The van der Waals surface area contributed by atoms with Gasteiger partial charge in [0.1, 0.15) is 11.5 Å². The molecule has 0 aliphatic heterocycles. The number of carbonyl (C=O) groups excluding carboxylic acids is 2. The van der Waals surface area contributed by atoms with Crippen LogP contribution in [0, 0.1) is 13.8 Å². The van der Waals surface area contributed by atoms with Crippen molar-refractivity contribution in [2.75, 3.05) is 5.32 Å². The van der Waals surface area contributed by atoms with Crippen molar-refractivity contribution in [1.29, 1.82) is 0 Å². The number of benzene rings is 1. The maximum Gasteiger partial charge on any atom is 0.272 e. The summed E-state index contributed by atoms with van der Waals surface area (Å²) in [6.07, 6.45) is 2.98. The van der Waals surface area contributed by atoms with Crippen LogP contribution in [0.2, 0.25) is 5.02 Å². The largest absolute Gasteiger partial charge is 0.467 e. The molecule has 4 aromatic rings. The number of nitrogens with zero attached hydrogens (tertiary/aromatic N) is 4. The van der Waals surface area contributed by atoms with Crippen LogP contribution < -0.4 is 10.6 Å². The van der Waals surface area contributed by atoms with Crippen LogP contribution in [-0.4, -0.2) is 31.4 Å². The minimum atomic E-state index is -0.374. The molecular weight excluding hydrogens is 444 g/mol. The van der Waals surface area contributed by atoms with Crippen molar-refractivity contribution in [2.24, 2.45) is 7.05 Å². The van der Waals surface area contributed by atoms with E-state index in [1.807, 2.05) is 30.7 Å². The fourth-order valence-corrected chi connectivity index (χ4v) is 3.56. The molecule has 0 unspecified atom stereocenters. The number of aryl methyl sites for hydroxylation is 2. The molecule has 0 atom stereocenters. The van der Waals surface area contributed by atoms with E-state index >= 15 is 0 Å². The third-order valence-corrected chi connectivity index (χ3v) is 5.79. The van der Waals surface area contributed by atoms with E-state index in [1.165, 1.54) is 17.1 Å². The van der Waals surface area contributed by atoms with Crippen LogP contribution in [0.1, 0.15) is 43.6 Å². The van der Waals surface area contributed by atoms with E-state index in [2.05, 4.69) is 20.8 Å². The Hall–Kier alpha value is -3.85. The summed E-state index contributed by atoms with van der Waals surface area (Å²) in [5.41, 5.74) is 3.67. The number of hydrogen-bond acceptors (Lipinski definition) is 5. The molecule has 0 bridgehead atoms. The van der Waals surface area contributed by atoms with Gasteiger partial charge in [0.15, 0.2) is 0 Å². The van der Waals surface area contributed by atoms with Crippen LogP contribution in [0.15, 0.2) is 53.3 Å². The van der Waals surface area contributed by atoms with Crippen molar-refractivity contribution in [3.63, 3.8) is 0 Å². The van der Waals surface area contributed by atoms with E-state index in [4.69, 9.17) is 16.0 Å². The number of halogens is 1. The van der Waals surface area contributed by atoms with Crippen LogP contribution in [0.4, 0.5) is 5.69 Å². The maximum absolute atomic E-state index is 12.8. The molecule has 3 aromatic heterocycles. The third-order valence-electron chi connectivity index (χ3n) is 5.25.